The number of benzene rings is 1. The quantitative estimate of drug-likeness (QED) is 0.485. The van der Waals surface area contributed by atoms with Crippen LogP contribution in [0.3, 0.4) is 0 Å². The summed E-state index contributed by atoms with van der Waals surface area (Å²) in [4.78, 5) is 0. The van der Waals surface area contributed by atoms with E-state index in [9.17, 15) is 0 Å². The van der Waals surface area contributed by atoms with E-state index >= 15 is 0 Å². The van der Waals surface area contributed by atoms with Crippen LogP contribution in [0.25, 0.3) is 0 Å². The molecule has 0 aliphatic heterocycles. The lowest BCUT2D eigenvalue weighted by atomic mass is 9.94. The molecule has 0 aliphatic carbocycles. The summed E-state index contributed by atoms with van der Waals surface area (Å²) < 4.78 is 0. The third-order valence-electron chi connectivity index (χ3n) is 1.79. The zero-order chi connectivity index (χ0) is 9.52. The first-order chi connectivity index (χ1) is 6.33. The van der Waals surface area contributed by atoms with Crippen LogP contribution in [0, 0.1) is 0 Å². The standard InChI is InChI=1S/C10H14BNO/c11-10-4-1-3-9(7-10)8-12-5-2-6-13/h1,3-4,7,12-13H,2,5-6,8H2. The lowest BCUT2D eigenvalue weighted by Crippen LogP contribution is -2.16. The third-order valence-corrected chi connectivity index (χ3v) is 1.79. The Morgan fingerprint density at radius 1 is 1.38 bits per heavy atom. The molecule has 0 spiro atoms. The van der Waals surface area contributed by atoms with Crippen LogP contribution in [-0.2, 0) is 6.54 Å². The minimum Gasteiger partial charge on any atom is -0.396 e. The Morgan fingerprint density at radius 2 is 2.23 bits per heavy atom. The zero-order valence-corrected chi connectivity index (χ0v) is 7.66. The van der Waals surface area contributed by atoms with Crippen molar-refractivity contribution in [3.8, 4) is 0 Å². The van der Waals surface area contributed by atoms with Gasteiger partial charge in [-0.1, -0.05) is 29.7 Å². The lowest BCUT2D eigenvalue weighted by Gasteiger charge is -2.04. The number of rotatable bonds is 5. The van der Waals surface area contributed by atoms with Gasteiger partial charge in [0.15, 0.2) is 0 Å². The van der Waals surface area contributed by atoms with Gasteiger partial charge >= 0.3 is 0 Å². The Kier molecular flexibility index (Phi) is 4.58. The zero-order valence-electron chi connectivity index (χ0n) is 7.66. The van der Waals surface area contributed by atoms with E-state index in [1.54, 1.807) is 0 Å². The molecule has 0 aliphatic rings. The van der Waals surface area contributed by atoms with Gasteiger partial charge in [-0.05, 0) is 18.5 Å². The fraction of sp³-hybridized carbons (Fsp3) is 0.400. The maximum Gasteiger partial charge on any atom is 0.113 e. The molecule has 0 saturated carbocycles. The first-order valence-electron chi connectivity index (χ1n) is 4.49. The fourth-order valence-electron chi connectivity index (χ4n) is 1.14. The van der Waals surface area contributed by atoms with E-state index in [0.717, 1.165) is 25.0 Å². The molecule has 0 heterocycles. The minimum atomic E-state index is 0.240. The highest BCUT2D eigenvalue weighted by Crippen LogP contribution is 1.94. The molecule has 1 aromatic rings. The second-order valence-corrected chi connectivity index (χ2v) is 3.00. The molecular weight excluding hydrogens is 161 g/mol. The van der Waals surface area contributed by atoms with Gasteiger partial charge in [-0.3, -0.25) is 0 Å². The topological polar surface area (TPSA) is 32.3 Å². The maximum absolute atomic E-state index is 8.55. The van der Waals surface area contributed by atoms with Gasteiger partial charge in [-0.25, -0.2) is 0 Å². The summed E-state index contributed by atoms with van der Waals surface area (Å²) in [6.07, 6.45) is 0.794. The Bertz CT molecular complexity index is 252. The van der Waals surface area contributed by atoms with E-state index in [1.165, 1.54) is 5.56 Å². The Hall–Kier alpha value is -0.795. The second kappa shape index (κ2) is 5.78. The van der Waals surface area contributed by atoms with Crippen LogP contribution in [0.2, 0.25) is 0 Å². The van der Waals surface area contributed by atoms with Crippen molar-refractivity contribution < 1.29 is 5.11 Å². The van der Waals surface area contributed by atoms with Crippen LogP contribution in [0.4, 0.5) is 0 Å². The van der Waals surface area contributed by atoms with Crippen molar-refractivity contribution in [1.82, 2.24) is 5.32 Å². The predicted molar refractivity (Wildman–Crippen MR) is 55.2 cm³/mol. The number of hydrogen-bond donors (Lipinski definition) is 2. The van der Waals surface area contributed by atoms with Crippen molar-refractivity contribution in [1.29, 1.82) is 0 Å². The number of hydrogen-bond acceptors (Lipinski definition) is 2. The summed E-state index contributed by atoms with van der Waals surface area (Å²) in [5.41, 5.74) is 1.97. The first-order valence-corrected chi connectivity index (χ1v) is 4.49. The SMILES string of the molecule is [B]c1cccc(CNCCCO)c1. The summed E-state index contributed by atoms with van der Waals surface area (Å²) >= 11 is 0. The number of aliphatic hydroxyl groups excluding tert-OH is 1. The van der Waals surface area contributed by atoms with Gasteiger partial charge in [0.2, 0.25) is 0 Å². The molecule has 68 valence electrons. The van der Waals surface area contributed by atoms with Crippen molar-refractivity contribution in [2.24, 2.45) is 0 Å². The Balaban J connectivity index is 2.28. The van der Waals surface area contributed by atoms with E-state index in [2.05, 4.69) is 5.32 Å². The molecule has 0 fully saturated rings. The smallest absolute Gasteiger partial charge is 0.113 e. The summed E-state index contributed by atoms with van der Waals surface area (Å²) in [7, 11) is 5.62. The van der Waals surface area contributed by atoms with E-state index in [0.29, 0.717) is 0 Å². The molecule has 13 heavy (non-hydrogen) atoms. The van der Waals surface area contributed by atoms with Crippen molar-refractivity contribution in [2.45, 2.75) is 13.0 Å². The van der Waals surface area contributed by atoms with Crippen LogP contribution < -0.4 is 10.8 Å². The van der Waals surface area contributed by atoms with Crippen LogP contribution in [0.5, 0.6) is 0 Å². The van der Waals surface area contributed by atoms with Crippen LogP contribution in [-0.4, -0.2) is 26.1 Å². The molecule has 3 heteroatoms. The molecule has 1 aromatic carbocycles. The molecule has 0 saturated heterocycles. The molecule has 0 bridgehead atoms. The molecular formula is C10H14BNO. The molecule has 0 atom stereocenters. The highest BCUT2D eigenvalue weighted by atomic mass is 16.3. The van der Waals surface area contributed by atoms with Crippen LogP contribution in [0.1, 0.15) is 12.0 Å². The summed E-state index contributed by atoms with van der Waals surface area (Å²) in [5.74, 6) is 0. The highest BCUT2D eigenvalue weighted by Gasteiger charge is 1.91. The molecule has 2 nitrogen and oxygen atoms in total. The summed E-state index contributed by atoms with van der Waals surface area (Å²) in [6.45, 7) is 1.89. The van der Waals surface area contributed by atoms with E-state index in [1.807, 2.05) is 24.3 Å². The highest BCUT2D eigenvalue weighted by molar-refractivity contribution is 6.32. The third kappa shape index (κ3) is 4.11. The lowest BCUT2D eigenvalue weighted by molar-refractivity contribution is 0.286. The van der Waals surface area contributed by atoms with E-state index in [-0.39, 0.29) is 6.61 Å². The minimum absolute atomic E-state index is 0.240. The Morgan fingerprint density at radius 3 is 2.92 bits per heavy atom. The van der Waals surface area contributed by atoms with Gasteiger partial charge in [0.25, 0.3) is 0 Å². The van der Waals surface area contributed by atoms with Gasteiger partial charge in [0.05, 0.1) is 0 Å². The summed E-state index contributed by atoms with van der Waals surface area (Å²) in [6, 6.07) is 7.80. The normalized spacial score (nSPS) is 10.2. The molecule has 0 aromatic heterocycles. The molecule has 0 unspecified atom stereocenters. The van der Waals surface area contributed by atoms with Crippen LogP contribution >= 0.6 is 0 Å². The largest absolute Gasteiger partial charge is 0.396 e. The maximum atomic E-state index is 8.55. The van der Waals surface area contributed by atoms with E-state index < -0.39 is 0 Å². The first kappa shape index (κ1) is 10.3. The molecule has 2 radical (unpaired) electrons. The van der Waals surface area contributed by atoms with Crippen molar-refractivity contribution in [3.05, 3.63) is 29.8 Å². The van der Waals surface area contributed by atoms with Crippen LogP contribution in [0.15, 0.2) is 24.3 Å². The van der Waals surface area contributed by atoms with Crippen molar-refractivity contribution in [3.63, 3.8) is 0 Å². The van der Waals surface area contributed by atoms with Gasteiger partial charge < -0.3 is 10.4 Å². The summed E-state index contributed by atoms with van der Waals surface area (Å²) in [5, 5.41) is 11.8. The van der Waals surface area contributed by atoms with Gasteiger partial charge in [0.1, 0.15) is 7.85 Å². The van der Waals surface area contributed by atoms with Crippen molar-refractivity contribution in [2.75, 3.05) is 13.2 Å². The average molecular weight is 175 g/mol. The van der Waals surface area contributed by atoms with Gasteiger partial charge in [-0.2, -0.15) is 0 Å². The average Bonchev–Trinajstić information content (AvgIpc) is 2.13. The molecule has 1 rings (SSSR count). The second-order valence-electron chi connectivity index (χ2n) is 3.00. The molecule has 0 amide bonds. The molecule has 2 N–H and O–H groups in total. The van der Waals surface area contributed by atoms with Gasteiger partial charge in [-0.15, -0.1) is 0 Å². The number of aliphatic hydroxyl groups is 1. The monoisotopic (exact) mass is 175 g/mol. The number of nitrogens with one attached hydrogen (secondary N) is 1. The Labute approximate surface area is 80.4 Å². The predicted octanol–water partition coefficient (Wildman–Crippen LogP) is -0.0476. The van der Waals surface area contributed by atoms with E-state index in [4.69, 9.17) is 13.0 Å². The fourth-order valence-corrected chi connectivity index (χ4v) is 1.14. The van der Waals surface area contributed by atoms with Gasteiger partial charge in [0, 0.05) is 13.2 Å². The van der Waals surface area contributed by atoms with Crippen molar-refractivity contribution >= 4 is 13.3 Å².